The molecule has 1 aliphatic rings. The Kier molecular flexibility index (Phi) is 6.42. The smallest absolute Gasteiger partial charge is 0.152 e. The Morgan fingerprint density at radius 1 is 1.29 bits per heavy atom. The minimum absolute atomic E-state index is 0. The van der Waals surface area contributed by atoms with Crippen LogP contribution in [0.1, 0.15) is 33.6 Å². The summed E-state index contributed by atoms with van der Waals surface area (Å²) in [6.07, 6.45) is 1.51. The second-order valence-electron chi connectivity index (χ2n) is 5.42. The minimum Gasteiger partial charge on any atom is -0.324 e. The first-order valence-electron chi connectivity index (χ1n) is 5.97. The molecule has 0 aliphatic carbocycles. The molecular formula is C11H25ClN2O2S. The van der Waals surface area contributed by atoms with Gasteiger partial charge in [0.15, 0.2) is 9.84 Å². The first kappa shape index (κ1) is 17.2. The molecule has 0 spiro atoms. The van der Waals surface area contributed by atoms with Gasteiger partial charge < -0.3 is 10.6 Å². The molecule has 0 amide bonds. The van der Waals surface area contributed by atoms with Gasteiger partial charge in [-0.1, -0.05) is 6.92 Å². The fraction of sp³-hybridized carbons (Fsp3) is 1.00. The summed E-state index contributed by atoms with van der Waals surface area (Å²) in [6, 6.07) is 0. The number of nitrogens with zero attached hydrogens (tertiary/aromatic N) is 1. The molecule has 1 rings (SSSR count). The van der Waals surface area contributed by atoms with E-state index in [0.29, 0.717) is 0 Å². The van der Waals surface area contributed by atoms with Gasteiger partial charge in [-0.05, 0) is 39.8 Å². The average Bonchev–Trinajstić information content (AvgIpc) is 2.16. The average molecular weight is 285 g/mol. The Morgan fingerprint density at radius 3 is 2.12 bits per heavy atom. The van der Waals surface area contributed by atoms with E-state index in [4.69, 9.17) is 5.73 Å². The van der Waals surface area contributed by atoms with E-state index in [0.717, 1.165) is 32.5 Å². The van der Waals surface area contributed by atoms with E-state index >= 15 is 0 Å². The predicted molar refractivity (Wildman–Crippen MR) is 74.4 cm³/mol. The molecule has 1 heterocycles. The van der Waals surface area contributed by atoms with E-state index in [9.17, 15) is 8.42 Å². The molecule has 1 aliphatic heterocycles. The largest absolute Gasteiger partial charge is 0.324 e. The second-order valence-corrected chi connectivity index (χ2v) is 7.99. The van der Waals surface area contributed by atoms with Gasteiger partial charge in [-0.3, -0.25) is 0 Å². The van der Waals surface area contributed by atoms with Crippen molar-refractivity contribution in [2.45, 2.75) is 44.4 Å². The Balaban J connectivity index is 0.00000256. The lowest BCUT2D eigenvalue weighted by Gasteiger charge is -2.35. The van der Waals surface area contributed by atoms with Crippen molar-refractivity contribution in [2.24, 2.45) is 5.73 Å². The van der Waals surface area contributed by atoms with Crippen molar-refractivity contribution in [3.8, 4) is 0 Å². The monoisotopic (exact) mass is 284 g/mol. The van der Waals surface area contributed by atoms with Crippen molar-refractivity contribution >= 4 is 22.2 Å². The van der Waals surface area contributed by atoms with Crippen molar-refractivity contribution in [3.05, 3.63) is 0 Å². The maximum Gasteiger partial charge on any atom is 0.152 e. The molecule has 0 aromatic heterocycles. The van der Waals surface area contributed by atoms with Gasteiger partial charge in [0.25, 0.3) is 0 Å². The number of halogens is 1. The fourth-order valence-electron chi connectivity index (χ4n) is 2.24. The fourth-order valence-corrected chi connectivity index (χ4v) is 3.64. The van der Waals surface area contributed by atoms with Crippen LogP contribution >= 0.6 is 12.4 Å². The van der Waals surface area contributed by atoms with Crippen LogP contribution in [-0.4, -0.2) is 49.5 Å². The van der Waals surface area contributed by atoms with E-state index < -0.39 is 9.84 Å². The van der Waals surface area contributed by atoms with Gasteiger partial charge in [0.1, 0.15) is 0 Å². The minimum atomic E-state index is -2.85. The molecule has 6 heteroatoms. The molecule has 0 atom stereocenters. The topological polar surface area (TPSA) is 63.4 Å². The lowest BCUT2D eigenvalue weighted by Crippen LogP contribution is -2.49. The van der Waals surface area contributed by atoms with Gasteiger partial charge in [-0.25, -0.2) is 8.42 Å². The Bertz CT molecular complexity index is 317. The highest BCUT2D eigenvalue weighted by molar-refractivity contribution is 7.92. The van der Waals surface area contributed by atoms with Crippen LogP contribution in [0.3, 0.4) is 0 Å². The zero-order valence-electron chi connectivity index (χ0n) is 11.0. The van der Waals surface area contributed by atoms with Crippen LogP contribution in [0.4, 0.5) is 0 Å². The van der Waals surface area contributed by atoms with E-state index in [2.05, 4.69) is 4.90 Å². The Labute approximate surface area is 111 Å². The molecule has 0 aromatic rings. The molecule has 0 aromatic carbocycles. The zero-order valence-corrected chi connectivity index (χ0v) is 12.6. The SMILES string of the molecule is CCS(=O)(=O)C1CCN(CC(C)(C)N)CC1.Cl. The second kappa shape index (κ2) is 6.36. The van der Waals surface area contributed by atoms with Crippen molar-refractivity contribution < 1.29 is 8.42 Å². The van der Waals surface area contributed by atoms with Crippen molar-refractivity contribution in [1.82, 2.24) is 4.90 Å². The molecule has 104 valence electrons. The quantitative estimate of drug-likeness (QED) is 0.838. The van der Waals surface area contributed by atoms with Gasteiger partial charge in [-0.2, -0.15) is 0 Å². The molecule has 1 saturated heterocycles. The molecule has 0 unspecified atom stereocenters. The van der Waals surface area contributed by atoms with Crippen molar-refractivity contribution in [3.63, 3.8) is 0 Å². The third-order valence-electron chi connectivity index (χ3n) is 3.08. The van der Waals surface area contributed by atoms with Crippen LogP contribution in [0.15, 0.2) is 0 Å². The highest BCUT2D eigenvalue weighted by Gasteiger charge is 2.29. The van der Waals surface area contributed by atoms with Crippen molar-refractivity contribution in [2.75, 3.05) is 25.4 Å². The van der Waals surface area contributed by atoms with Crippen LogP contribution in [0.5, 0.6) is 0 Å². The molecule has 2 N–H and O–H groups in total. The highest BCUT2D eigenvalue weighted by atomic mass is 35.5. The molecule has 1 fully saturated rings. The van der Waals surface area contributed by atoms with Crippen LogP contribution in [0.2, 0.25) is 0 Å². The van der Waals surface area contributed by atoms with Crippen molar-refractivity contribution in [1.29, 1.82) is 0 Å². The van der Waals surface area contributed by atoms with Gasteiger partial charge in [0.05, 0.1) is 5.25 Å². The molecule has 0 radical (unpaired) electrons. The maximum absolute atomic E-state index is 11.7. The number of hydrogen-bond donors (Lipinski definition) is 1. The summed E-state index contributed by atoms with van der Waals surface area (Å²) in [5.41, 5.74) is 5.76. The Hall–Kier alpha value is 0.160. The van der Waals surface area contributed by atoms with E-state index in [1.807, 2.05) is 13.8 Å². The van der Waals surface area contributed by atoms with E-state index in [-0.39, 0.29) is 28.9 Å². The van der Waals surface area contributed by atoms with Crippen LogP contribution in [0.25, 0.3) is 0 Å². The normalized spacial score (nSPS) is 20.0. The molecule has 17 heavy (non-hydrogen) atoms. The number of rotatable bonds is 4. The predicted octanol–water partition coefficient (Wildman–Crippen LogP) is 1.04. The molecule has 0 bridgehead atoms. The van der Waals surface area contributed by atoms with Crippen LogP contribution < -0.4 is 5.73 Å². The van der Waals surface area contributed by atoms with E-state index in [1.54, 1.807) is 6.92 Å². The van der Waals surface area contributed by atoms with E-state index in [1.165, 1.54) is 0 Å². The first-order valence-corrected chi connectivity index (χ1v) is 7.69. The molecular weight excluding hydrogens is 260 g/mol. The summed E-state index contributed by atoms with van der Waals surface area (Å²) in [6.45, 7) is 8.27. The summed E-state index contributed by atoms with van der Waals surface area (Å²) in [4.78, 5) is 2.27. The summed E-state index contributed by atoms with van der Waals surface area (Å²) < 4.78 is 23.4. The van der Waals surface area contributed by atoms with Gasteiger partial charge >= 0.3 is 0 Å². The first-order chi connectivity index (χ1) is 7.24. The summed E-state index contributed by atoms with van der Waals surface area (Å²) in [5.74, 6) is 0.264. The van der Waals surface area contributed by atoms with Gasteiger partial charge in [0, 0.05) is 17.8 Å². The molecule has 4 nitrogen and oxygen atoms in total. The number of sulfone groups is 1. The van der Waals surface area contributed by atoms with Gasteiger partial charge in [-0.15, -0.1) is 12.4 Å². The third kappa shape index (κ3) is 5.55. The van der Waals surface area contributed by atoms with Gasteiger partial charge in [0.2, 0.25) is 0 Å². The zero-order chi connectivity index (χ0) is 12.4. The number of likely N-dealkylation sites (tertiary alicyclic amines) is 1. The van der Waals surface area contributed by atoms with Crippen LogP contribution in [0, 0.1) is 0 Å². The van der Waals surface area contributed by atoms with Crippen LogP contribution in [-0.2, 0) is 9.84 Å². The third-order valence-corrected chi connectivity index (χ3v) is 5.37. The number of hydrogen-bond acceptors (Lipinski definition) is 4. The lowest BCUT2D eigenvalue weighted by molar-refractivity contribution is 0.193. The maximum atomic E-state index is 11.7. The summed E-state index contributed by atoms with van der Waals surface area (Å²) in [5, 5.41) is -0.130. The number of nitrogens with two attached hydrogens (primary N) is 1. The molecule has 0 saturated carbocycles. The summed E-state index contributed by atoms with van der Waals surface area (Å²) in [7, 11) is -2.85. The standard InChI is InChI=1S/C11H24N2O2S.ClH/c1-4-16(14,15)10-5-7-13(8-6-10)9-11(2,3)12;/h10H,4-9,12H2,1-3H3;1H. The lowest BCUT2D eigenvalue weighted by atomic mass is 10.0. The number of piperidine rings is 1. The summed E-state index contributed by atoms with van der Waals surface area (Å²) >= 11 is 0. The highest BCUT2D eigenvalue weighted by Crippen LogP contribution is 2.19. The Morgan fingerprint density at radius 2 is 1.76 bits per heavy atom.